The predicted octanol–water partition coefficient (Wildman–Crippen LogP) is 4.94. The quantitative estimate of drug-likeness (QED) is 0.502. The Morgan fingerprint density at radius 2 is 1.92 bits per heavy atom. The number of phenolic OH excluding ortho intramolecular Hbond substituents is 1. The molecule has 0 aliphatic carbocycles. The van der Waals surface area contributed by atoms with Gasteiger partial charge in [0.05, 0.1) is 0 Å². The average Bonchev–Trinajstić information content (AvgIpc) is 2.58. The van der Waals surface area contributed by atoms with E-state index in [-0.39, 0.29) is 12.4 Å². The van der Waals surface area contributed by atoms with E-state index in [2.05, 4.69) is 0 Å². The summed E-state index contributed by atoms with van der Waals surface area (Å²) >= 11 is 13.6. The molecule has 25 heavy (non-hydrogen) atoms. The van der Waals surface area contributed by atoms with Crippen LogP contribution in [-0.2, 0) is 15.3 Å². The Morgan fingerprint density at radius 1 is 1.20 bits per heavy atom. The minimum atomic E-state index is -0.722. The van der Waals surface area contributed by atoms with E-state index in [0.717, 1.165) is 5.56 Å². The number of benzene rings is 2. The first-order valence-electron chi connectivity index (χ1n) is 7.59. The Bertz CT molecular complexity index is 707. The van der Waals surface area contributed by atoms with Crippen molar-refractivity contribution in [2.24, 2.45) is 0 Å². The second-order valence-corrected chi connectivity index (χ2v) is 7.16. The van der Waals surface area contributed by atoms with Crippen LogP contribution in [0.2, 0.25) is 10.0 Å². The van der Waals surface area contributed by atoms with Crippen LogP contribution in [-0.4, -0.2) is 29.5 Å². The molecule has 0 saturated carbocycles. The molecule has 0 spiro atoms. The summed E-state index contributed by atoms with van der Waals surface area (Å²) in [6.45, 7) is 1.91. The molecular formula is C18H18Cl2O4S. The minimum Gasteiger partial charge on any atom is -0.508 e. The lowest BCUT2D eigenvalue weighted by atomic mass is 10.2. The highest BCUT2D eigenvalue weighted by Crippen LogP contribution is 2.24. The van der Waals surface area contributed by atoms with Gasteiger partial charge in [-0.2, -0.15) is 11.8 Å². The fraction of sp³-hybridized carbons (Fsp3) is 0.278. The molecule has 0 aliphatic heterocycles. The molecule has 1 atom stereocenters. The van der Waals surface area contributed by atoms with Gasteiger partial charge in [-0.05, 0) is 48.9 Å². The number of esters is 1. The van der Waals surface area contributed by atoms with E-state index in [1.54, 1.807) is 43.0 Å². The molecule has 7 heteroatoms. The van der Waals surface area contributed by atoms with E-state index in [9.17, 15) is 9.90 Å². The zero-order chi connectivity index (χ0) is 18.2. The Labute approximate surface area is 161 Å². The van der Waals surface area contributed by atoms with E-state index < -0.39 is 12.1 Å². The third-order valence-electron chi connectivity index (χ3n) is 3.23. The van der Waals surface area contributed by atoms with Gasteiger partial charge in [0.1, 0.15) is 18.1 Å². The Kier molecular flexibility index (Phi) is 7.75. The van der Waals surface area contributed by atoms with Crippen molar-refractivity contribution in [3.05, 3.63) is 58.1 Å². The largest absolute Gasteiger partial charge is 0.508 e. The molecule has 2 aromatic carbocycles. The van der Waals surface area contributed by atoms with Gasteiger partial charge in [0.25, 0.3) is 0 Å². The van der Waals surface area contributed by atoms with Gasteiger partial charge in [-0.15, -0.1) is 0 Å². The predicted molar refractivity (Wildman–Crippen MR) is 102 cm³/mol. The van der Waals surface area contributed by atoms with Gasteiger partial charge in [0, 0.05) is 21.6 Å². The van der Waals surface area contributed by atoms with E-state index in [1.807, 2.05) is 6.07 Å². The summed E-state index contributed by atoms with van der Waals surface area (Å²) in [7, 11) is 0. The third kappa shape index (κ3) is 6.69. The van der Waals surface area contributed by atoms with E-state index in [0.29, 0.717) is 27.3 Å². The van der Waals surface area contributed by atoms with Crippen molar-refractivity contribution in [3.8, 4) is 11.5 Å². The first-order valence-corrected chi connectivity index (χ1v) is 9.51. The maximum atomic E-state index is 11.9. The monoisotopic (exact) mass is 400 g/mol. The lowest BCUT2D eigenvalue weighted by Crippen LogP contribution is -2.26. The fourth-order valence-corrected chi connectivity index (χ4v) is 3.29. The van der Waals surface area contributed by atoms with Crippen LogP contribution >= 0.6 is 35.0 Å². The Morgan fingerprint density at radius 3 is 2.60 bits per heavy atom. The minimum absolute atomic E-state index is 0.139. The molecule has 0 radical (unpaired) electrons. The summed E-state index contributed by atoms with van der Waals surface area (Å²) in [6, 6.07) is 11.6. The summed E-state index contributed by atoms with van der Waals surface area (Å²) in [5.41, 5.74) is 0.992. The number of ether oxygens (including phenoxy) is 2. The number of hydrogen-bond acceptors (Lipinski definition) is 5. The molecule has 2 rings (SSSR count). The van der Waals surface area contributed by atoms with Gasteiger partial charge in [0.2, 0.25) is 0 Å². The van der Waals surface area contributed by atoms with Crippen LogP contribution in [0.25, 0.3) is 0 Å². The number of thioether (sulfide) groups is 1. The number of carbonyl (C=O) groups excluding carboxylic acids is 1. The van der Waals surface area contributed by atoms with E-state index in [1.165, 1.54) is 12.1 Å². The standard InChI is InChI=1S/C18H18Cl2O4S/c1-12(24-16-6-4-15(21)5-7-16)18(22)23-8-9-25-11-13-2-3-14(19)10-17(13)20/h2-7,10,12,21H,8-9,11H2,1H3. The number of halogens is 2. The van der Waals surface area contributed by atoms with Gasteiger partial charge in [-0.25, -0.2) is 4.79 Å². The highest BCUT2D eigenvalue weighted by Gasteiger charge is 2.16. The van der Waals surface area contributed by atoms with Crippen molar-refractivity contribution in [3.63, 3.8) is 0 Å². The van der Waals surface area contributed by atoms with Gasteiger partial charge in [-0.1, -0.05) is 29.3 Å². The second kappa shape index (κ2) is 9.80. The maximum absolute atomic E-state index is 11.9. The van der Waals surface area contributed by atoms with Crippen molar-refractivity contribution < 1.29 is 19.4 Å². The second-order valence-electron chi connectivity index (χ2n) is 5.21. The van der Waals surface area contributed by atoms with E-state index in [4.69, 9.17) is 32.7 Å². The fourth-order valence-electron chi connectivity index (χ4n) is 1.92. The molecule has 0 heterocycles. The van der Waals surface area contributed by atoms with Crippen LogP contribution < -0.4 is 4.74 Å². The van der Waals surface area contributed by atoms with Gasteiger partial charge in [0.15, 0.2) is 6.10 Å². The number of phenols is 1. The van der Waals surface area contributed by atoms with Crippen molar-refractivity contribution in [2.75, 3.05) is 12.4 Å². The summed E-state index contributed by atoms with van der Waals surface area (Å²) in [5, 5.41) is 10.5. The van der Waals surface area contributed by atoms with Crippen molar-refractivity contribution >= 4 is 40.9 Å². The van der Waals surface area contributed by atoms with Gasteiger partial charge < -0.3 is 14.6 Å². The normalized spacial score (nSPS) is 11.8. The molecule has 0 saturated heterocycles. The molecular weight excluding hydrogens is 383 g/mol. The number of carbonyl (C=O) groups is 1. The molecule has 1 N–H and O–H groups in total. The molecule has 1 unspecified atom stereocenters. The van der Waals surface area contributed by atoms with Crippen LogP contribution in [0.1, 0.15) is 12.5 Å². The third-order valence-corrected chi connectivity index (χ3v) is 4.78. The zero-order valence-corrected chi connectivity index (χ0v) is 15.9. The molecule has 0 amide bonds. The maximum Gasteiger partial charge on any atom is 0.347 e. The van der Waals surface area contributed by atoms with Crippen LogP contribution in [0, 0.1) is 0 Å². The molecule has 134 valence electrons. The Hall–Kier alpha value is -1.56. The summed E-state index contributed by atoms with van der Waals surface area (Å²) in [4.78, 5) is 11.9. The topological polar surface area (TPSA) is 55.8 Å². The number of hydrogen-bond donors (Lipinski definition) is 1. The summed E-state index contributed by atoms with van der Waals surface area (Å²) in [5.74, 6) is 1.57. The Balaban J connectivity index is 1.66. The number of aromatic hydroxyl groups is 1. The van der Waals surface area contributed by atoms with Crippen molar-refractivity contribution in [1.29, 1.82) is 0 Å². The van der Waals surface area contributed by atoms with E-state index >= 15 is 0 Å². The summed E-state index contributed by atoms with van der Waals surface area (Å²) < 4.78 is 10.7. The van der Waals surface area contributed by atoms with Crippen LogP contribution in [0.4, 0.5) is 0 Å². The lowest BCUT2D eigenvalue weighted by molar-refractivity contribution is -0.150. The van der Waals surface area contributed by atoms with Crippen molar-refractivity contribution in [2.45, 2.75) is 18.8 Å². The molecule has 0 aliphatic rings. The average molecular weight is 401 g/mol. The zero-order valence-electron chi connectivity index (χ0n) is 13.6. The first-order chi connectivity index (χ1) is 12.0. The number of rotatable bonds is 8. The van der Waals surface area contributed by atoms with Crippen LogP contribution in [0.15, 0.2) is 42.5 Å². The van der Waals surface area contributed by atoms with Crippen LogP contribution in [0.5, 0.6) is 11.5 Å². The SMILES string of the molecule is CC(Oc1ccc(O)cc1)C(=O)OCCSCc1ccc(Cl)cc1Cl. The summed E-state index contributed by atoms with van der Waals surface area (Å²) in [6.07, 6.45) is -0.722. The van der Waals surface area contributed by atoms with Gasteiger partial charge >= 0.3 is 5.97 Å². The van der Waals surface area contributed by atoms with Crippen LogP contribution in [0.3, 0.4) is 0 Å². The highest BCUT2D eigenvalue weighted by atomic mass is 35.5. The smallest absolute Gasteiger partial charge is 0.347 e. The highest BCUT2D eigenvalue weighted by molar-refractivity contribution is 7.98. The first kappa shape index (κ1) is 19.8. The lowest BCUT2D eigenvalue weighted by Gasteiger charge is -2.14. The molecule has 4 nitrogen and oxygen atoms in total. The van der Waals surface area contributed by atoms with Crippen molar-refractivity contribution in [1.82, 2.24) is 0 Å². The molecule has 0 bridgehead atoms. The molecule has 0 aromatic heterocycles. The molecule has 0 fully saturated rings. The van der Waals surface area contributed by atoms with Gasteiger partial charge in [-0.3, -0.25) is 0 Å². The molecule has 2 aromatic rings.